The number of esters is 1. The van der Waals surface area contributed by atoms with Gasteiger partial charge in [-0.3, -0.25) is 19.2 Å². The quantitative estimate of drug-likeness (QED) is 0.436. The van der Waals surface area contributed by atoms with E-state index in [2.05, 4.69) is 10.6 Å². The molecule has 0 saturated heterocycles. The fourth-order valence-electron chi connectivity index (χ4n) is 3.23. The lowest BCUT2D eigenvalue weighted by Gasteiger charge is -2.17. The predicted octanol–water partition coefficient (Wildman–Crippen LogP) is 3.60. The van der Waals surface area contributed by atoms with Gasteiger partial charge >= 0.3 is 5.97 Å². The van der Waals surface area contributed by atoms with Crippen LogP contribution in [0.3, 0.4) is 0 Å². The van der Waals surface area contributed by atoms with E-state index in [0.29, 0.717) is 34.0 Å². The standard InChI is InChI=1S/C22H17ClN2O5S/c23-20-14-3-1-2-4-17(14)31-21(20)22(29)24-10-19(28)30-11-16(26)13-5-7-15-12(9-13)6-8-18(27)25-15/h1-5,7,9H,6,8,10-11H2,(H,24,29)(H,25,27). The summed E-state index contributed by atoms with van der Waals surface area (Å²) in [6, 6.07) is 12.3. The van der Waals surface area contributed by atoms with E-state index in [-0.39, 0.29) is 18.2 Å². The first-order chi connectivity index (χ1) is 14.9. The van der Waals surface area contributed by atoms with Gasteiger partial charge in [0, 0.05) is 27.8 Å². The molecule has 3 aromatic rings. The monoisotopic (exact) mass is 456 g/mol. The van der Waals surface area contributed by atoms with Crippen molar-refractivity contribution in [1.29, 1.82) is 0 Å². The van der Waals surface area contributed by atoms with E-state index >= 15 is 0 Å². The van der Waals surface area contributed by atoms with Gasteiger partial charge < -0.3 is 15.4 Å². The maximum Gasteiger partial charge on any atom is 0.325 e. The molecule has 0 spiro atoms. The molecule has 0 aliphatic carbocycles. The van der Waals surface area contributed by atoms with Gasteiger partial charge in [0.15, 0.2) is 12.4 Å². The summed E-state index contributed by atoms with van der Waals surface area (Å²) < 4.78 is 5.86. The van der Waals surface area contributed by atoms with Crippen LogP contribution in [-0.2, 0) is 20.7 Å². The minimum atomic E-state index is -0.732. The Kier molecular flexibility index (Phi) is 6.01. The Labute approximate surface area is 186 Å². The van der Waals surface area contributed by atoms with Crippen LogP contribution in [0, 0.1) is 0 Å². The molecule has 0 unspecified atom stereocenters. The molecule has 0 radical (unpaired) electrons. The average Bonchev–Trinajstić information content (AvgIpc) is 3.12. The van der Waals surface area contributed by atoms with Gasteiger partial charge in [-0.1, -0.05) is 29.8 Å². The third-order valence-corrected chi connectivity index (χ3v) is 6.50. The molecule has 7 nitrogen and oxygen atoms in total. The summed E-state index contributed by atoms with van der Waals surface area (Å²) in [4.78, 5) is 48.4. The molecule has 2 aromatic carbocycles. The number of hydrogen-bond acceptors (Lipinski definition) is 6. The topological polar surface area (TPSA) is 102 Å². The highest BCUT2D eigenvalue weighted by Gasteiger charge is 2.19. The molecule has 0 bridgehead atoms. The molecule has 31 heavy (non-hydrogen) atoms. The van der Waals surface area contributed by atoms with Crippen LogP contribution in [0.4, 0.5) is 5.69 Å². The third-order valence-electron chi connectivity index (χ3n) is 4.82. The number of carbonyl (C=O) groups excluding carboxylic acids is 4. The Bertz CT molecular complexity index is 1220. The largest absolute Gasteiger partial charge is 0.456 e. The van der Waals surface area contributed by atoms with Crippen LogP contribution in [0.5, 0.6) is 0 Å². The van der Waals surface area contributed by atoms with E-state index < -0.39 is 18.5 Å². The number of thiophene rings is 1. The molecular formula is C22H17ClN2O5S. The van der Waals surface area contributed by atoms with Crippen molar-refractivity contribution in [3.05, 3.63) is 63.5 Å². The number of nitrogens with one attached hydrogen (secondary N) is 2. The summed E-state index contributed by atoms with van der Waals surface area (Å²) in [7, 11) is 0. The number of fused-ring (bicyclic) bond motifs is 2. The zero-order valence-corrected chi connectivity index (χ0v) is 17.8. The van der Waals surface area contributed by atoms with E-state index in [1.807, 2.05) is 24.3 Å². The molecule has 1 aliphatic rings. The van der Waals surface area contributed by atoms with Gasteiger partial charge in [0.2, 0.25) is 5.91 Å². The summed E-state index contributed by atoms with van der Waals surface area (Å²) in [5.41, 5.74) is 1.94. The summed E-state index contributed by atoms with van der Waals surface area (Å²) in [5, 5.41) is 6.33. The average molecular weight is 457 g/mol. The molecule has 1 aliphatic heterocycles. The summed E-state index contributed by atoms with van der Waals surface area (Å²) >= 11 is 7.50. The maximum absolute atomic E-state index is 12.4. The molecular weight excluding hydrogens is 440 g/mol. The lowest BCUT2D eigenvalue weighted by molar-refractivity contribution is -0.141. The molecule has 2 amide bonds. The molecule has 158 valence electrons. The van der Waals surface area contributed by atoms with Crippen molar-refractivity contribution < 1.29 is 23.9 Å². The van der Waals surface area contributed by atoms with Crippen molar-refractivity contribution in [2.24, 2.45) is 0 Å². The summed E-state index contributed by atoms with van der Waals surface area (Å²) in [6.07, 6.45) is 0.914. The molecule has 0 fully saturated rings. The Balaban J connectivity index is 1.30. The number of halogens is 1. The number of rotatable bonds is 6. The Hall–Kier alpha value is -3.23. The van der Waals surface area contributed by atoms with Crippen molar-refractivity contribution in [3.63, 3.8) is 0 Å². The number of Topliss-reactive ketones (excluding diaryl/α,β-unsaturated/α-hetero) is 1. The van der Waals surface area contributed by atoms with Crippen molar-refractivity contribution in [2.45, 2.75) is 12.8 Å². The normalized spacial score (nSPS) is 12.7. The summed E-state index contributed by atoms with van der Waals surface area (Å²) in [5.74, 6) is -1.64. The minimum Gasteiger partial charge on any atom is -0.456 e. The molecule has 0 atom stereocenters. The number of hydrogen-bond donors (Lipinski definition) is 2. The van der Waals surface area contributed by atoms with E-state index in [1.165, 1.54) is 11.3 Å². The van der Waals surface area contributed by atoms with E-state index in [9.17, 15) is 19.2 Å². The van der Waals surface area contributed by atoms with E-state index in [1.54, 1.807) is 18.2 Å². The zero-order chi connectivity index (χ0) is 22.0. The number of amides is 2. The number of ketones is 1. The van der Waals surface area contributed by atoms with Crippen molar-refractivity contribution in [3.8, 4) is 0 Å². The van der Waals surface area contributed by atoms with Gasteiger partial charge in [-0.2, -0.15) is 0 Å². The maximum atomic E-state index is 12.4. The van der Waals surface area contributed by atoms with Crippen LogP contribution in [0.25, 0.3) is 10.1 Å². The van der Waals surface area contributed by atoms with Crippen LogP contribution >= 0.6 is 22.9 Å². The van der Waals surface area contributed by atoms with Gasteiger partial charge in [0.1, 0.15) is 11.4 Å². The predicted molar refractivity (Wildman–Crippen MR) is 118 cm³/mol. The first-order valence-corrected chi connectivity index (χ1v) is 10.7. The molecule has 2 N–H and O–H groups in total. The van der Waals surface area contributed by atoms with Gasteiger partial charge in [0.25, 0.3) is 5.91 Å². The lowest BCUT2D eigenvalue weighted by Crippen LogP contribution is -2.31. The second-order valence-electron chi connectivity index (χ2n) is 6.93. The summed E-state index contributed by atoms with van der Waals surface area (Å²) in [6.45, 7) is -0.823. The molecule has 9 heteroatoms. The smallest absolute Gasteiger partial charge is 0.325 e. The fraction of sp³-hybridized carbons (Fsp3) is 0.182. The van der Waals surface area contributed by atoms with Gasteiger partial charge in [-0.05, 0) is 36.2 Å². The second-order valence-corrected chi connectivity index (χ2v) is 8.36. The van der Waals surface area contributed by atoms with Gasteiger partial charge in [0.05, 0.1) is 5.02 Å². The first kappa shape index (κ1) is 21.0. The van der Waals surface area contributed by atoms with Crippen LogP contribution in [0.15, 0.2) is 42.5 Å². The second kappa shape index (κ2) is 8.87. The van der Waals surface area contributed by atoms with Crippen LogP contribution in [0.1, 0.15) is 32.0 Å². The highest BCUT2D eigenvalue weighted by molar-refractivity contribution is 7.21. The molecule has 0 saturated carbocycles. The van der Waals surface area contributed by atoms with Crippen LogP contribution in [0.2, 0.25) is 5.02 Å². The SMILES string of the molecule is O=C1CCc2cc(C(=O)COC(=O)CNC(=O)c3sc4ccccc4c3Cl)ccc2N1. The van der Waals surface area contributed by atoms with Crippen LogP contribution < -0.4 is 10.6 Å². The number of carbonyl (C=O) groups is 4. The Morgan fingerprint density at radius 2 is 1.94 bits per heavy atom. The highest BCUT2D eigenvalue weighted by atomic mass is 35.5. The minimum absolute atomic E-state index is 0.0560. The Morgan fingerprint density at radius 3 is 2.74 bits per heavy atom. The number of benzene rings is 2. The zero-order valence-electron chi connectivity index (χ0n) is 16.2. The number of anilines is 1. The van der Waals surface area contributed by atoms with Crippen molar-refractivity contribution in [1.82, 2.24) is 5.32 Å². The van der Waals surface area contributed by atoms with Gasteiger partial charge in [-0.25, -0.2) is 0 Å². The molecule has 2 heterocycles. The first-order valence-electron chi connectivity index (χ1n) is 9.49. The van der Waals surface area contributed by atoms with E-state index in [4.69, 9.17) is 16.3 Å². The van der Waals surface area contributed by atoms with Crippen molar-refractivity contribution in [2.75, 3.05) is 18.5 Å². The lowest BCUT2D eigenvalue weighted by atomic mass is 9.99. The van der Waals surface area contributed by atoms with Crippen molar-refractivity contribution >= 4 is 62.3 Å². The Morgan fingerprint density at radius 1 is 1.13 bits per heavy atom. The number of aryl methyl sites for hydroxylation is 1. The third kappa shape index (κ3) is 4.60. The number of ether oxygens (including phenoxy) is 1. The van der Waals surface area contributed by atoms with Gasteiger partial charge in [-0.15, -0.1) is 11.3 Å². The van der Waals surface area contributed by atoms with Crippen LogP contribution in [-0.4, -0.2) is 36.7 Å². The molecule has 4 rings (SSSR count). The fourth-order valence-corrected chi connectivity index (χ4v) is 4.66. The molecule has 1 aromatic heterocycles. The highest BCUT2D eigenvalue weighted by Crippen LogP contribution is 2.34. The van der Waals surface area contributed by atoms with E-state index in [0.717, 1.165) is 15.6 Å².